The van der Waals surface area contributed by atoms with Crippen LogP contribution < -0.4 is 10.1 Å². The summed E-state index contributed by atoms with van der Waals surface area (Å²) in [6.07, 6.45) is 1.83. The van der Waals surface area contributed by atoms with Crippen molar-refractivity contribution in [3.8, 4) is 5.75 Å². The van der Waals surface area contributed by atoms with Gasteiger partial charge in [-0.05, 0) is 40.8 Å². The number of benzene rings is 1. The van der Waals surface area contributed by atoms with E-state index in [0.717, 1.165) is 21.6 Å². The van der Waals surface area contributed by atoms with Gasteiger partial charge in [-0.25, -0.2) is 0 Å². The van der Waals surface area contributed by atoms with Crippen molar-refractivity contribution in [1.82, 2.24) is 0 Å². The van der Waals surface area contributed by atoms with Crippen LogP contribution in [0.15, 0.2) is 30.9 Å². The van der Waals surface area contributed by atoms with Gasteiger partial charge in [0.15, 0.2) is 0 Å². The van der Waals surface area contributed by atoms with Gasteiger partial charge in [-0.3, -0.25) is 0 Å². The second kappa shape index (κ2) is 5.11. The van der Waals surface area contributed by atoms with Crippen LogP contribution in [0.5, 0.6) is 5.75 Å². The van der Waals surface area contributed by atoms with E-state index in [1.165, 1.54) is 0 Å². The molecule has 1 aromatic rings. The first-order valence-corrected chi connectivity index (χ1v) is 5.04. The van der Waals surface area contributed by atoms with E-state index in [0.29, 0.717) is 0 Å². The molecule has 1 N–H and O–H groups in total. The molecule has 0 aliphatic heterocycles. The minimum absolute atomic E-state index is 0.780. The maximum atomic E-state index is 5.10. The Kier molecular flexibility index (Phi) is 4.08. The Morgan fingerprint density at radius 3 is 2.92 bits per heavy atom. The highest BCUT2D eigenvalue weighted by atomic mass is 127. The van der Waals surface area contributed by atoms with Gasteiger partial charge in [-0.15, -0.1) is 6.58 Å². The molecule has 13 heavy (non-hydrogen) atoms. The number of methoxy groups -OCH3 is 1. The summed E-state index contributed by atoms with van der Waals surface area (Å²) in [6.45, 7) is 4.43. The first-order valence-electron chi connectivity index (χ1n) is 3.96. The zero-order valence-corrected chi connectivity index (χ0v) is 9.67. The lowest BCUT2D eigenvalue weighted by Gasteiger charge is -2.07. The summed E-state index contributed by atoms with van der Waals surface area (Å²) < 4.78 is 6.25. The first-order chi connectivity index (χ1) is 6.27. The van der Waals surface area contributed by atoms with Gasteiger partial charge in [-0.2, -0.15) is 0 Å². The van der Waals surface area contributed by atoms with E-state index >= 15 is 0 Å². The fourth-order valence-electron chi connectivity index (χ4n) is 0.948. The van der Waals surface area contributed by atoms with Gasteiger partial charge < -0.3 is 10.1 Å². The predicted octanol–water partition coefficient (Wildman–Crippen LogP) is 2.90. The minimum Gasteiger partial charge on any atom is -0.497 e. The molecule has 0 saturated carbocycles. The van der Waals surface area contributed by atoms with Gasteiger partial charge >= 0.3 is 0 Å². The van der Waals surface area contributed by atoms with Crippen molar-refractivity contribution in [3.63, 3.8) is 0 Å². The SMILES string of the molecule is C=CCNc1ccc(OC)cc1I. The smallest absolute Gasteiger partial charge is 0.120 e. The number of nitrogens with one attached hydrogen (secondary N) is 1. The normalized spacial score (nSPS) is 9.38. The Labute approximate surface area is 92.1 Å². The molecule has 1 rings (SSSR count). The number of hydrogen-bond acceptors (Lipinski definition) is 2. The van der Waals surface area contributed by atoms with Crippen molar-refractivity contribution < 1.29 is 4.74 Å². The molecule has 0 atom stereocenters. The molecule has 3 heteroatoms. The van der Waals surface area contributed by atoms with Gasteiger partial charge in [-0.1, -0.05) is 6.08 Å². The summed E-state index contributed by atoms with van der Waals surface area (Å²) in [6, 6.07) is 5.93. The van der Waals surface area contributed by atoms with Gasteiger partial charge in [0.05, 0.1) is 7.11 Å². The van der Waals surface area contributed by atoms with Crippen LogP contribution in [0.2, 0.25) is 0 Å². The van der Waals surface area contributed by atoms with Crippen LogP contribution in [0.25, 0.3) is 0 Å². The number of anilines is 1. The third kappa shape index (κ3) is 2.91. The fourth-order valence-corrected chi connectivity index (χ4v) is 1.63. The molecular formula is C10H12INO. The Morgan fingerprint density at radius 2 is 2.38 bits per heavy atom. The first kappa shape index (κ1) is 10.4. The van der Waals surface area contributed by atoms with E-state index in [1.54, 1.807) is 7.11 Å². The molecule has 0 unspecified atom stereocenters. The van der Waals surface area contributed by atoms with E-state index in [2.05, 4.69) is 34.5 Å². The number of ether oxygens (including phenoxy) is 1. The third-order valence-corrected chi connectivity index (χ3v) is 2.51. The summed E-state index contributed by atoms with van der Waals surface area (Å²) in [5.41, 5.74) is 1.11. The molecular weight excluding hydrogens is 277 g/mol. The van der Waals surface area contributed by atoms with E-state index in [-0.39, 0.29) is 0 Å². The highest BCUT2D eigenvalue weighted by Crippen LogP contribution is 2.23. The predicted molar refractivity (Wildman–Crippen MR) is 64.4 cm³/mol. The lowest BCUT2D eigenvalue weighted by molar-refractivity contribution is 0.414. The van der Waals surface area contributed by atoms with Crippen LogP contribution in [0.1, 0.15) is 0 Å². The maximum absolute atomic E-state index is 5.10. The van der Waals surface area contributed by atoms with Crippen LogP contribution in [0.3, 0.4) is 0 Å². The summed E-state index contributed by atoms with van der Waals surface area (Å²) in [5, 5.41) is 3.23. The summed E-state index contributed by atoms with van der Waals surface area (Å²) in [4.78, 5) is 0. The molecule has 0 fully saturated rings. The van der Waals surface area contributed by atoms with Crippen molar-refractivity contribution in [2.24, 2.45) is 0 Å². The van der Waals surface area contributed by atoms with Crippen LogP contribution in [-0.2, 0) is 0 Å². The molecule has 0 heterocycles. The zero-order chi connectivity index (χ0) is 9.68. The van der Waals surface area contributed by atoms with Crippen LogP contribution in [0, 0.1) is 3.57 Å². The van der Waals surface area contributed by atoms with Crippen molar-refractivity contribution in [3.05, 3.63) is 34.4 Å². The van der Waals surface area contributed by atoms with E-state index < -0.39 is 0 Å². The van der Waals surface area contributed by atoms with Crippen molar-refractivity contribution >= 4 is 28.3 Å². The molecule has 0 aromatic heterocycles. The number of rotatable bonds is 4. The molecule has 2 nitrogen and oxygen atoms in total. The van der Waals surface area contributed by atoms with Gasteiger partial charge in [0.25, 0.3) is 0 Å². The Morgan fingerprint density at radius 1 is 1.62 bits per heavy atom. The molecule has 0 aliphatic rings. The Balaban J connectivity index is 2.78. The lowest BCUT2D eigenvalue weighted by Crippen LogP contribution is -1.99. The quantitative estimate of drug-likeness (QED) is 0.680. The van der Waals surface area contributed by atoms with Gasteiger partial charge in [0, 0.05) is 15.8 Å². The second-order valence-electron chi connectivity index (χ2n) is 2.52. The highest BCUT2D eigenvalue weighted by Gasteiger charge is 1.99. The maximum Gasteiger partial charge on any atom is 0.120 e. The molecule has 0 saturated heterocycles. The van der Waals surface area contributed by atoms with Crippen LogP contribution >= 0.6 is 22.6 Å². The third-order valence-electron chi connectivity index (χ3n) is 1.61. The average Bonchev–Trinajstić information content (AvgIpc) is 2.16. The van der Waals surface area contributed by atoms with Crippen molar-refractivity contribution in [1.29, 1.82) is 0 Å². The van der Waals surface area contributed by atoms with Crippen LogP contribution in [-0.4, -0.2) is 13.7 Å². The Hall–Kier alpha value is -0.710. The molecule has 0 spiro atoms. The largest absolute Gasteiger partial charge is 0.497 e. The van der Waals surface area contributed by atoms with Crippen molar-refractivity contribution in [2.45, 2.75) is 0 Å². The van der Waals surface area contributed by atoms with E-state index in [4.69, 9.17) is 4.74 Å². The lowest BCUT2D eigenvalue weighted by atomic mass is 10.3. The van der Waals surface area contributed by atoms with Crippen LogP contribution in [0.4, 0.5) is 5.69 Å². The minimum atomic E-state index is 0.780. The summed E-state index contributed by atoms with van der Waals surface area (Å²) in [5.74, 6) is 0.883. The topological polar surface area (TPSA) is 21.3 Å². The zero-order valence-electron chi connectivity index (χ0n) is 7.51. The average molecular weight is 289 g/mol. The molecule has 0 radical (unpaired) electrons. The number of halogens is 1. The second-order valence-corrected chi connectivity index (χ2v) is 3.68. The Bertz CT molecular complexity index is 299. The van der Waals surface area contributed by atoms with Gasteiger partial charge in [0.2, 0.25) is 0 Å². The van der Waals surface area contributed by atoms with E-state index in [1.807, 2.05) is 24.3 Å². The number of hydrogen-bond donors (Lipinski definition) is 1. The van der Waals surface area contributed by atoms with Crippen molar-refractivity contribution in [2.75, 3.05) is 19.0 Å². The fraction of sp³-hybridized carbons (Fsp3) is 0.200. The highest BCUT2D eigenvalue weighted by molar-refractivity contribution is 14.1. The summed E-state index contributed by atoms with van der Waals surface area (Å²) in [7, 11) is 1.67. The van der Waals surface area contributed by atoms with Gasteiger partial charge in [0.1, 0.15) is 5.75 Å². The molecule has 0 aliphatic carbocycles. The monoisotopic (exact) mass is 289 g/mol. The summed E-state index contributed by atoms with van der Waals surface area (Å²) >= 11 is 2.27. The molecule has 0 bridgehead atoms. The molecule has 0 amide bonds. The standard InChI is InChI=1S/C10H12INO/c1-3-6-12-10-5-4-8(13-2)7-9(10)11/h3-5,7,12H,1,6H2,2H3. The van der Waals surface area contributed by atoms with E-state index in [9.17, 15) is 0 Å². The molecule has 1 aromatic carbocycles. The molecule has 70 valence electrons.